The summed E-state index contributed by atoms with van der Waals surface area (Å²) in [6, 6.07) is 0. The molecular weight excluding hydrogens is 256 g/mol. The minimum Gasteiger partial charge on any atom is -0.481 e. The van der Waals surface area contributed by atoms with Gasteiger partial charge in [0.25, 0.3) is 0 Å². The molecule has 0 aliphatic carbocycles. The van der Waals surface area contributed by atoms with Crippen LogP contribution in [-0.4, -0.2) is 59.5 Å². The Balaban J connectivity index is 4.17. The van der Waals surface area contributed by atoms with Gasteiger partial charge < -0.3 is 14.9 Å². The first-order valence-corrected chi connectivity index (χ1v) is 7.69. The summed E-state index contributed by atoms with van der Waals surface area (Å²) >= 11 is 0. The Morgan fingerprint density at radius 3 is 2.05 bits per heavy atom. The molecular formula is C15H30N2O3. The van der Waals surface area contributed by atoms with E-state index < -0.39 is 11.9 Å². The lowest BCUT2D eigenvalue weighted by Gasteiger charge is -2.25. The fourth-order valence-electron chi connectivity index (χ4n) is 2.13. The molecule has 0 radical (unpaired) electrons. The molecule has 0 fully saturated rings. The predicted molar refractivity (Wildman–Crippen MR) is 80.7 cm³/mol. The van der Waals surface area contributed by atoms with Crippen molar-refractivity contribution in [3.8, 4) is 0 Å². The average molecular weight is 286 g/mol. The fourth-order valence-corrected chi connectivity index (χ4v) is 2.13. The standard InChI is InChI=1S/C15H30N2O3/c1-5-14(18)17(12-13(4)15(19)20)11-9-8-10-16(6-2)7-3/h13H,5-12H2,1-4H3,(H,19,20). The molecule has 0 spiro atoms. The van der Waals surface area contributed by atoms with Crippen LogP contribution in [0, 0.1) is 5.92 Å². The van der Waals surface area contributed by atoms with E-state index in [4.69, 9.17) is 5.11 Å². The van der Waals surface area contributed by atoms with Gasteiger partial charge in [-0.25, -0.2) is 0 Å². The lowest BCUT2D eigenvalue weighted by molar-refractivity contribution is -0.143. The summed E-state index contributed by atoms with van der Waals surface area (Å²) in [5.74, 6) is -1.31. The molecule has 0 rings (SSSR count). The molecule has 0 aromatic rings. The summed E-state index contributed by atoms with van der Waals surface area (Å²) < 4.78 is 0. The highest BCUT2D eigenvalue weighted by Gasteiger charge is 2.19. The molecule has 1 unspecified atom stereocenters. The number of hydrogen-bond donors (Lipinski definition) is 1. The van der Waals surface area contributed by atoms with Gasteiger partial charge in [-0.3, -0.25) is 9.59 Å². The molecule has 118 valence electrons. The topological polar surface area (TPSA) is 60.9 Å². The Kier molecular flexibility index (Phi) is 10.1. The highest BCUT2D eigenvalue weighted by atomic mass is 16.4. The van der Waals surface area contributed by atoms with Crippen molar-refractivity contribution in [2.45, 2.75) is 47.0 Å². The van der Waals surface area contributed by atoms with E-state index in [1.807, 2.05) is 6.92 Å². The Bertz CT molecular complexity index is 291. The minimum absolute atomic E-state index is 0.0425. The highest BCUT2D eigenvalue weighted by molar-refractivity contribution is 5.77. The van der Waals surface area contributed by atoms with Crippen molar-refractivity contribution in [1.29, 1.82) is 0 Å². The molecule has 0 bridgehead atoms. The van der Waals surface area contributed by atoms with Gasteiger partial charge in [0.05, 0.1) is 5.92 Å². The molecule has 1 atom stereocenters. The first-order chi connectivity index (χ1) is 9.46. The predicted octanol–water partition coefficient (Wildman–Crippen LogP) is 2.07. The van der Waals surface area contributed by atoms with Crippen molar-refractivity contribution in [2.75, 3.05) is 32.7 Å². The minimum atomic E-state index is -0.845. The SMILES string of the molecule is CCC(=O)N(CCCCN(CC)CC)CC(C)C(=O)O. The molecule has 0 aromatic carbocycles. The molecule has 20 heavy (non-hydrogen) atoms. The molecule has 0 heterocycles. The number of nitrogens with zero attached hydrogens (tertiary/aromatic N) is 2. The number of hydrogen-bond acceptors (Lipinski definition) is 3. The number of aliphatic carboxylic acids is 1. The van der Waals surface area contributed by atoms with Crippen LogP contribution in [0.15, 0.2) is 0 Å². The molecule has 5 nitrogen and oxygen atoms in total. The Hall–Kier alpha value is -1.10. The van der Waals surface area contributed by atoms with Gasteiger partial charge in [0.2, 0.25) is 5.91 Å². The van der Waals surface area contributed by atoms with E-state index in [-0.39, 0.29) is 5.91 Å². The van der Waals surface area contributed by atoms with Crippen LogP contribution in [0.4, 0.5) is 0 Å². The van der Waals surface area contributed by atoms with Gasteiger partial charge >= 0.3 is 5.97 Å². The van der Waals surface area contributed by atoms with Crippen LogP contribution in [0.5, 0.6) is 0 Å². The second-order valence-corrected chi connectivity index (χ2v) is 5.17. The molecule has 1 amide bonds. The molecule has 5 heteroatoms. The second kappa shape index (κ2) is 10.7. The number of amides is 1. The smallest absolute Gasteiger partial charge is 0.308 e. The average Bonchev–Trinajstić information content (AvgIpc) is 2.44. The van der Waals surface area contributed by atoms with Crippen LogP contribution < -0.4 is 0 Å². The Labute approximate surface area is 122 Å². The van der Waals surface area contributed by atoms with Crippen LogP contribution >= 0.6 is 0 Å². The summed E-state index contributed by atoms with van der Waals surface area (Å²) in [4.78, 5) is 26.8. The third-order valence-electron chi connectivity index (χ3n) is 3.62. The monoisotopic (exact) mass is 286 g/mol. The van der Waals surface area contributed by atoms with E-state index in [0.29, 0.717) is 19.5 Å². The zero-order valence-electron chi connectivity index (χ0n) is 13.4. The summed E-state index contributed by atoms with van der Waals surface area (Å²) in [5, 5.41) is 8.95. The van der Waals surface area contributed by atoms with Crippen molar-refractivity contribution in [3.63, 3.8) is 0 Å². The Morgan fingerprint density at radius 2 is 1.60 bits per heavy atom. The third-order valence-corrected chi connectivity index (χ3v) is 3.62. The van der Waals surface area contributed by atoms with Crippen molar-refractivity contribution in [3.05, 3.63) is 0 Å². The van der Waals surface area contributed by atoms with Gasteiger partial charge in [0.15, 0.2) is 0 Å². The van der Waals surface area contributed by atoms with Gasteiger partial charge in [-0.2, -0.15) is 0 Å². The first-order valence-electron chi connectivity index (χ1n) is 7.69. The third kappa shape index (κ3) is 7.48. The second-order valence-electron chi connectivity index (χ2n) is 5.17. The van der Waals surface area contributed by atoms with E-state index in [2.05, 4.69) is 18.7 Å². The van der Waals surface area contributed by atoms with E-state index in [0.717, 1.165) is 32.5 Å². The van der Waals surface area contributed by atoms with Gasteiger partial charge in [0.1, 0.15) is 0 Å². The van der Waals surface area contributed by atoms with Crippen LogP contribution in [0.2, 0.25) is 0 Å². The van der Waals surface area contributed by atoms with Crippen LogP contribution in [-0.2, 0) is 9.59 Å². The summed E-state index contributed by atoms with van der Waals surface area (Å²) in [6.07, 6.45) is 2.40. The van der Waals surface area contributed by atoms with Crippen molar-refractivity contribution < 1.29 is 14.7 Å². The van der Waals surface area contributed by atoms with Crippen molar-refractivity contribution in [1.82, 2.24) is 9.80 Å². The summed E-state index contributed by atoms with van der Waals surface area (Å²) in [6.45, 7) is 11.9. The van der Waals surface area contributed by atoms with Crippen molar-refractivity contribution in [2.24, 2.45) is 5.92 Å². The molecule has 0 aliphatic rings. The zero-order chi connectivity index (χ0) is 15.5. The van der Waals surface area contributed by atoms with Crippen molar-refractivity contribution >= 4 is 11.9 Å². The molecule has 0 saturated heterocycles. The van der Waals surface area contributed by atoms with E-state index >= 15 is 0 Å². The zero-order valence-corrected chi connectivity index (χ0v) is 13.4. The molecule has 0 aromatic heterocycles. The number of carboxylic acid groups (broad SMARTS) is 1. The molecule has 0 aliphatic heterocycles. The van der Waals surface area contributed by atoms with Crippen LogP contribution in [0.25, 0.3) is 0 Å². The molecule has 1 N–H and O–H groups in total. The first kappa shape index (κ1) is 18.9. The van der Waals surface area contributed by atoms with Crippen LogP contribution in [0.1, 0.15) is 47.0 Å². The Morgan fingerprint density at radius 1 is 1.05 bits per heavy atom. The maximum absolute atomic E-state index is 11.8. The quantitative estimate of drug-likeness (QED) is 0.591. The van der Waals surface area contributed by atoms with E-state index in [1.54, 1.807) is 11.8 Å². The lowest BCUT2D eigenvalue weighted by Crippen LogP contribution is -2.37. The van der Waals surface area contributed by atoms with Crippen LogP contribution in [0.3, 0.4) is 0 Å². The van der Waals surface area contributed by atoms with E-state index in [1.165, 1.54) is 0 Å². The maximum atomic E-state index is 11.8. The largest absolute Gasteiger partial charge is 0.481 e. The van der Waals surface area contributed by atoms with E-state index in [9.17, 15) is 9.59 Å². The van der Waals surface area contributed by atoms with Gasteiger partial charge in [-0.15, -0.1) is 0 Å². The molecule has 0 saturated carbocycles. The maximum Gasteiger partial charge on any atom is 0.308 e. The number of carbonyl (C=O) groups is 2. The van der Waals surface area contributed by atoms with Gasteiger partial charge in [0, 0.05) is 19.5 Å². The highest BCUT2D eigenvalue weighted by Crippen LogP contribution is 2.06. The number of carboxylic acids is 1. The van der Waals surface area contributed by atoms with Gasteiger partial charge in [-0.05, 0) is 32.5 Å². The summed E-state index contributed by atoms with van der Waals surface area (Å²) in [7, 11) is 0. The number of unbranched alkanes of at least 4 members (excludes halogenated alkanes) is 1. The number of rotatable bonds is 11. The normalized spacial score (nSPS) is 12.4. The number of carbonyl (C=O) groups excluding carboxylic acids is 1. The fraction of sp³-hybridized carbons (Fsp3) is 0.867. The summed E-state index contributed by atoms with van der Waals surface area (Å²) in [5.41, 5.74) is 0. The van der Waals surface area contributed by atoms with Gasteiger partial charge in [-0.1, -0.05) is 27.7 Å². The lowest BCUT2D eigenvalue weighted by atomic mass is 10.1.